The Labute approximate surface area is 118 Å². The highest BCUT2D eigenvalue weighted by Gasteiger charge is 2.05. The third kappa shape index (κ3) is 3.39. The van der Waals surface area contributed by atoms with E-state index in [0.29, 0.717) is 34.0 Å². The Bertz CT molecular complexity index is 568. The molecule has 100 valence electrons. The second kappa shape index (κ2) is 5.94. The first-order valence-electron chi connectivity index (χ1n) is 5.69. The van der Waals surface area contributed by atoms with Crippen LogP contribution in [0.3, 0.4) is 0 Å². The zero-order chi connectivity index (χ0) is 13.8. The summed E-state index contributed by atoms with van der Waals surface area (Å²) in [6.07, 6.45) is 0.679. The minimum absolute atomic E-state index is 0.341. The smallest absolute Gasteiger partial charge is 0.145 e. The first-order chi connectivity index (χ1) is 9.12. The number of halogens is 2. The summed E-state index contributed by atoms with van der Waals surface area (Å²) in [5.41, 5.74) is 3.08. The van der Waals surface area contributed by atoms with Crippen LogP contribution >= 0.6 is 15.9 Å². The zero-order valence-corrected chi connectivity index (χ0v) is 11.8. The average Bonchev–Trinajstić information content (AvgIpc) is 2.42. The highest BCUT2D eigenvalue weighted by molar-refractivity contribution is 9.10. The molecule has 0 aliphatic heterocycles. The number of nitrogens with one attached hydrogen (secondary N) is 2. The molecule has 0 saturated heterocycles. The van der Waals surface area contributed by atoms with E-state index in [9.17, 15) is 4.39 Å². The Morgan fingerprint density at radius 1 is 1.26 bits per heavy atom. The van der Waals surface area contributed by atoms with E-state index in [1.165, 1.54) is 6.07 Å². The Morgan fingerprint density at radius 3 is 2.63 bits per heavy atom. The Balaban J connectivity index is 2.29. The summed E-state index contributed by atoms with van der Waals surface area (Å²) in [6, 6.07) is 6.41. The monoisotopic (exact) mass is 325 g/mol. The minimum Gasteiger partial charge on any atom is -0.340 e. The summed E-state index contributed by atoms with van der Waals surface area (Å²) >= 11 is 3.11. The summed E-state index contributed by atoms with van der Waals surface area (Å²) in [6.45, 7) is 1.94. The molecule has 4 N–H and O–H groups in total. The highest BCUT2D eigenvalue weighted by atomic mass is 79.9. The number of hydrazine groups is 1. The van der Waals surface area contributed by atoms with Gasteiger partial charge in [0.1, 0.15) is 23.3 Å². The summed E-state index contributed by atoms with van der Waals surface area (Å²) in [7, 11) is 0. The molecule has 0 fully saturated rings. The second-order valence-electron chi connectivity index (χ2n) is 3.81. The fourth-order valence-corrected chi connectivity index (χ4v) is 1.76. The van der Waals surface area contributed by atoms with E-state index in [0.717, 1.165) is 0 Å². The molecule has 2 rings (SSSR count). The van der Waals surface area contributed by atoms with E-state index >= 15 is 0 Å². The predicted molar refractivity (Wildman–Crippen MR) is 76.6 cm³/mol. The number of rotatable bonds is 4. The van der Waals surface area contributed by atoms with Crippen molar-refractivity contribution in [3.8, 4) is 0 Å². The first-order valence-corrected chi connectivity index (χ1v) is 6.48. The quantitative estimate of drug-likeness (QED) is 0.595. The maximum absolute atomic E-state index is 13.4. The van der Waals surface area contributed by atoms with E-state index in [1.807, 2.05) is 6.92 Å². The average molecular weight is 326 g/mol. The molecule has 0 radical (unpaired) electrons. The molecule has 0 aliphatic rings. The highest BCUT2D eigenvalue weighted by Crippen LogP contribution is 2.22. The lowest BCUT2D eigenvalue weighted by Gasteiger charge is -2.09. The van der Waals surface area contributed by atoms with E-state index in [4.69, 9.17) is 5.84 Å². The van der Waals surface area contributed by atoms with Crippen molar-refractivity contribution in [1.82, 2.24) is 9.97 Å². The second-order valence-corrected chi connectivity index (χ2v) is 4.66. The standard InChI is InChI=1S/C12H13BrFN5/c1-2-10-17-11(6-12(18-10)19-15)16-7-3-4-8(13)9(14)5-7/h3-6H,2,15H2,1H3,(H2,16,17,18,19). The maximum atomic E-state index is 13.4. The van der Waals surface area contributed by atoms with Crippen molar-refractivity contribution in [1.29, 1.82) is 0 Å². The van der Waals surface area contributed by atoms with E-state index in [1.54, 1.807) is 18.2 Å². The van der Waals surface area contributed by atoms with Crippen LogP contribution in [0.2, 0.25) is 0 Å². The van der Waals surface area contributed by atoms with Crippen molar-refractivity contribution in [2.45, 2.75) is 13.3 Å². The van der Waals surface area contributed by atoms with Crippen LogP contribution in [-0.2, 0) is 6.42 Å². The number of nitrogens with zero attached hydrogens (tertiary/aromatic N) is 2. The van der Waals surface area contributed by atoms with Crippen LogP contribution in [0.4, 0.5) is 21.7 Å². The Morgan fingerprint density at radius 2 is 2.00 bits per heavy atom. The fraction of sp³-hybridized carbons (Fsp3) is 0.167. The number of aromatic nitrogens is 2. The van der Waals surface area contributed by atoms with Gasteiger partial charge in [0, 0.05) is 18.2 Å². The summed E-state index contributed by atoms with van der Waals surface area (Å²) < 4.78 is 13.8. The minimum atomic E-state index is -0.341. The van der Waals surface area contributed by atoms with Gasteiger partial charge in [-0.1, -0.05) is 6.92 Å². The lowest BCUT2D eigenvalue weighted by Crippen LogP contribution is -2.11. The molecular weight excluding hydrogens is 313 g/mol. The first kappa shape index (κ1) is 13.7. The molecule has 0 amide bonds. The van der Waals surface area contributed by atoms with Gasteiger partial charge >= 0.3 is 0 Å². The molecule has 1 aromatic heterocycles. The zero-order valence-electron chi connectivity index (χ0n) is 10.2. The molecule has 0 aliphatic carbocycles. The van der Waals surface area contributed by atoms with Gasteiger partial charge in [0.05, 0.1) is 4.47 Å². The fourth-order valence-electron chi connectivity index (χ4n) is 1.51. The molecule has 0 spiro atoms. The van der Waals surface area contributed by atoms with Crippen molar-refractivity contribution < 1.29 is 4.39 Å². The van der Waals surface area contributed by atoms with Crippen LogP contribution in [0.25, 0.3) is 0 Å². The van der Waals surface area contributed by atoms with Gasteiger partial charge in [-0.15, -0.1) is 0 Å². The third-order valence-corrected chi connectivity index (χ3v) is 3.07. The molecule has 5 nitrogen and oxygen atoms in total. The van der Waals surface area contributed by atoms with Crippen LogP contribution in [0.15, 0.2) is 28.7 Å². The van der Waals surface area contributed by atoms with Crippen LogP contribution < -0.4 is 16.6 Å². The maximum Gasteiger partial charge on any atom is 0.145 e. The van der Waals surface area contributed by atoms with Gasteiger partial charge in [-0.05, 0) is 34.1 Å². The molecule has 0 unspecified atom stereocenters. The third-order valence-electron chi connectivity index (χ3n) is 2.43. The van der Waals surface area contributed by atoms with E-state index < -0.39 is 0 Å². The molecule has 1 aromatic carbocycles. The predicted octanol–water partition coefficient (Wildman–Crippen LogP) is 2.97. The number of nitrogens with two attached hydrogens (primary N) is 1. The Hall–Kier alpha value is -1.73. The van der Waals surface area contributed by atoms with Crippen molar-refractivity contribution in [3.63, 3.8) is 0 Å². The number of hydrogen-bond acceptors (Lipinski definition) is 5. The number of benzene rings is 1. The topological polar surface area (TPSA) is 75.9 Å². The van der Waals surface area contributed by atoms with Crippen molar-refractivity contribution in [2.75, 3.05) is 10.7 Å². The molecule has 19 heavy (non-hydrogen) atoms. The SMILES string of the molecule is CCc1nc(NN)cc(Nc2ccc(Br)c(F)c2)n1. The summed E-state index contributed by atoms with van der Waals surface area (Å²) in [5, 5.41) is 3.01. The van der Waals surface area contributed by atoms with Crippen LogP contribution in [0.5, 0.6) is 0 Å². The molecule has 0 atom stereocenters. The normalized spacial score (nSPS) is 10.3. The Kier molecular flexibility index (Phi) is 4.28. The van der Waals surface area contributed by atoms with Crippen molar-refractivity contribution in [3.05, 3.63) is 40.4 Å². The van der Waals surface area contributed by atoms with Gasteiger partial charge in [-0.3, -0.25) is 0 Å². The summed E-state index contributed by atoms with van der Waals surface area (Å²) in [5.74, 6) is 6.72. The van der Waals surface area contributed by atoms with Gasteiger partial charge in [-0.2, -0.15) is 0 Å². The lowest BCUT2D eigenvalue weighted by molar-refractivity contribution is 0.622. The van der Waals surface area contributed by atoms with Gasteiger partial charge in [-0.25, -0.2) is 20.2 Å². The van der Waals surface area contributed by atoms with Crippen LogP contribution in [-0.4, -0.2) is 9.97 Å². The number of hydrogen-bond donors (Lipinski definition) is 3. The van der Waals surface area contributed by atoms with Gasteiger partial charge < -0.3 is 10.7 Å². The number of nitrogen functional groups attached to an aromatic ring is 1. The van der Waals surface area contributed by atoms with Gasteiger partial charge in [0.15, 0.2) is 0 Å². The van der Waals surface area contributed by atoms with Crippen LogP contribution in [0, 0.1) is 5.82 Å². The van der Waals surface area contributed by atoms with Gasteiger partial charge in [0.25, 0.3) is 0 Å². The molecule has 0 bridgehead atoms. The largest absolute Gasteiger partial charge is 0.340 e. The van der Waals surface area contributed by atoms with E-state index in [2.05, 4.69) is 36.6 Å². The lowest BCUT2D eigenvalue weighted by atomic mass is 10.3. The molecular formula is C12H13BrFN5. The molecule has 0 saturated carbocycles. The molecule has 7 heteroatoms. The molecule has 2 aromatic rings. The summed E-state index contributed by atoms with van der Waals surface area (Å²) in [4.78, 5) is 8.47. The van der Waals surface area contributed by atoms with Crippen molar-refractivity contribution in [2.24, 2.45) is 5.84 Å². The number of aryl methyl sites for hydroxylation is 1. The van der Waals surface area contributed by atoms with Crippen molar-refractivity contribution >= 4 is 33.3 Å². The van der Waals surface area contributed by atoms with Crippen LogP contribution in [0.1, 0.15) is 12.7 Å². The van der Waals surface area contributed by atoms with Gasteiger partial charge in [0.2, 0.25) is 0 Å². The number of anilines is 3. The molecule has 1 heterocycles. The van der Waals surface area contributed by atoms with E-state index in [-0.39, 0.29) is 5.82 Å².